The van der Waals surface area contributed by atoms with E-state index >= 15 is 0 Å². The van der Waals surface area contributed by atoms with Gasteiger partial charge in [0, 0.05) is 43.9 Å². The molecule has 0 unspecified atom stereocenters. The van der Waals surface area contributed by atoms with Crippen molar-refractivity contribution < 1.29 is 10.2 Å². The van der Waals surface area contributed by atoms with Crippen molar-refractivity contribution in [3.63, 3.8) is 0 Å². The topological polar surface area (TPSA) is 96.1 Å². The van der Waals surface area contributed by atoms with E-state index in [1.165, 1.54) is 0 Å². The molecule has 0 atom stereocenters. The van der Waals surface area contributed by atoms with Gasteiger partial charge in [0.25, 0.3) is 0 Å². The average Bonchev–Trinajstić information content (AvgIpc) is 2.85. The molecule has 0 amide bonds. The van der Waals surface area contributed by atoms with E-state index in [1.54, 1.807) is 19.4 Å². The largest absolute Gasteiger partial charge is 0.506 e. The van der Waals surface area contributed by atoms with Crippen LogP contribution < -0.4 is 5.32 Å². The van der Waals surface area contributed by atoms with E-state index in [0.717, 1.165) is 12.2 Å². The standard InChI is InChI=1S/C13H19N5O2/c1-9-13(20)11(10(7-19)5-15-9)6-14-4-3-12-17-16-8-18(12)2/h5,8,14,19-20H,3-4,6-7H2,1-2H3. The summed E-state index contributed by atoms with van der Waals surface area (Å²) in [5, 5.41) is 30.3. The van der Waals surface area contributed by atoms with Crippen molar-refractivity contribution in [2.45, 2.75) is 26.5 Å². The summed E-state index contributed by atoms with van der Waals surface area (Å²) in [6.45, 7) is 2.78. The molecule has 3 N–H and O–H groups in total. The molecular weight excluding hydrogens is 258 g/mol. The third-order valence-electron chi connectivity index (χ3n) is 3.23. The minimum atomic E-state index is -0.138. The Morgan fingerprint density at radius 3 is 2.85 bits per heavy atom. The molecule has 2 aromatic heterocycles. The number of hydrogen-bond donors (Lipinski definition) is 3. The lowest BCUT2D eigenvalue weighted by atomic mass is 10.1. The fourth-order valence-electron chi connectivity index (χ4n) is 1.96. The van der Waals surface area contributed by atoms with Crippen LogP contribution >= 0.6 is 0 Å². The first-order chi connectivity index (χ1) is 9.63. The van der Waals surface area contributed by atoms with Gasteiger partial charge in [-0.1, -0.05) is 0 Å². The van der Waals surface area contributed by atoms with E-state index in [2.05, 4.69) is 20.5 Å². The van der Waals surface area contributed by atoms with Crippen molar-refractivity contribution in [2.24, 2.45) is 7.05 Å². The van der Waals surface area contributed by atoms with Crippen molar-refractivity contribution in [1.82, 2.24) is 25.1 Å². The summed E-state index contributed by atoms with van der Waals surface area (Å²) in [4.78, 5) is 4.03. The second kappa shape index (κ2) is 6.44. The molecule has 7 heteroatoms. The van der Waals surface area contributed by atoms with Crippen molar-refractivity contribution in [3.05, 3.63) is 35.2 Å². The van der Waals surface area contributed by atoms with Gasteiger partial charge in [-0.05, 0) is 6.92 Å². The normalized spacial score (nSPS) is 10.9. The molecule has 2 heterocycles. The molecule has 0 fully saturated rings. The van der Waals surface area contributed by atoms with Gasteiger partial charge in [-0.2, -0.15) is 0 Å². The highest BCUT2D eigenvalue weighted by Crippen LogP contribution is 2.23. The van der Waals surface area contributed by atoms with Crippen LogP contribution in [0.25, 0.3) is 0 Å². The van der Waals surface area contributed by atoms with Crippen LogP contribution in [0.2, 0.25) is 0 Å². The number of nitrogens with one attached hydrogen (secondary N) is 1. The number of aryl methyl sites for hydroxylation is 2. The summed E-state index contributed by atoms with van der Waals surface area (Å²) in [6.07, 6.45) is 4.00. The molecule has 0 saturated heterocycles. The molecule has 2 rings (SSSR count). The lowest BCUT2D eigenvalue weighted by molar-refractivity contribution is 0.278. The second-order valence-electron chi connectivity index (χ2n) is 4.64. The van der Waals surface area contributed by atoms with E-state index in [0.29, 0.717) is 29.9 Å². The molecule has 7 nitrogen and oxygen atoms in total. The molecule has 0 radical (unpaired) electrons. The van der Waals surface area contributed by atoms with Crippen molar-refractivity contribution in [2.75, 3.05) is 6.54 Å². The Morgan fingerprint density at radius 1 is 1.40 bits per heavy atom. The fourth-order valence-corrected chi connectivity index (χ4v) is 1.96. The summed E-state index contributed by atoms with van der Waals surface area (Å²) in [6, 6.07) is 0. The Labute approximate surface area is 117 Å². The minimum Gasteiger partial charge on any atom is -0.506 e. The van der Waals surface area contributed by atoms with Gasteiger partial charge in [-0.25, -0.2) is 0 Å². The zero-order chi connectivity index (χ0) is 14.5. The quantitative estimate of drug-likeness (QED) is 0.646. The van der Waals surface area contributed by atoms with Crippen LogP contribution in [0.4, 0.5) is 0 Å². The lowest BCUT2D eigenvalue weighted by Gasteiger charge is -2.12. The van der Waals surface area contributed by atoms with Gasteiger partial charge in [-0.3, -0.25) is 4.98 Å². The van der Waals surface area contributed by atoms with Gasteiger partial charge in [0.05, 0.1) is 12.3 Å². The molecule has 0 saturated carbocycles. The zero-order valence-electron chi connectivity index (χ0n) is 11.7. The zero-order valence-corrected chi connectivity index (χ0v) is 11.7. The van der Waals surface area contributed by atoms with Crippen molar-refractivity contribution in [1.29, 1.82) is 0 Å². The Morgan fingerprint density at radius 2 is 2.20 bits per heavy atom. The van der Waals surface area contributed by atoms with E-state index in [-0.39, 0.29) is 12.4 Å². The maximum Gasteiger partial charge on any atom is 0.141 e. The van der Waals surface area contributed by atoms with Crippen LogP contribution in [-0.2, 0) is 26.6 Å². The first-order valence-corrected chi connectivity index (χ1v) is 6.44. The second-order valence-corrected chi connectivity index (χ2v) is 4.64. The van der Waals surface area contributed by atoms with E-state index < -0.39 is 0 Å². The number of aromatic nitrogens is 4. The van der Waals surface area contributed by atoms with Gasteiger partial charge in [0.1, 0.15) is 17.9 Å². The Kier molecular flexibility index (Phi) is 4.65. The minimum absolute atomic E-state index is 0.138. The van der Waals surface area contributed by atoms with Gasteiger partial charge >= 0.3 is 0 Å². The number of nitrogens with zero attached hydrogens (tertiary/aromatic N) is 4. The molecule has 0 aliphatic rings. The van der Waals surface area contributed by atoms with Gasteiger partial charge < -0.3 is 20.1 Å². The van der Waals surface area contributed by atoms with Crippen LogP contribution in [-0.4, -0.2) is 36.5 Å². The molecule has 2 aromatic rings. The average molecular weight is 277 g/mol. The third-order valence-corrected chi connectivity index (χ3v) is 3.23. The van der Waals surface area contributed by atoms with Crippen LogP contribution in [0.1, 0.15) is 22.6 Å². The van der Waals surface area contributed by atoms with Crippen LogP contribution in [0.5, 0.6) is 5.75 Å². The maximum absolute atomic E-state index is 10.00. The summed E-state index contributed by atoms with van der Waals surface area (Å²) in [7, 11) is 1.90. The van der Waals surface area contributed by atoms with Crippen LogP contribution in [0.3, 0.4) is 0 Å². The number of aromatic hydroxyl groups is 1. The SMILES string of the molecule is Cc1ncc(CO)c(CNCCc2nncn2C)c1O. The van der Waals surface area contributed by atoms with Gasteiger partial charge in [0.15, 0.2) is 0 Å². The molecule has 20 heavy (non-hydrogen) atoms. The first kappa shape index (κ1) is 14.4. The monoisotopic (exact) mass is 277 g/mol. The van der Waals surface area contributed by atoms with E-state index in [4.69, 9.17) is 0 Å². The highest BCUT2D eigenvalue weighted by atomic mass is 16.3. The predicted molar refractivity (Wildman–Crippen MR) is 73.0 cm³/mol. The predicted octanol–water partition coefficient (Wildman–Crippen LogP) is 0.0487. The molecule has 0 aliphatic carbocycles. The Hall–Kier alpha value is -1.99. The van der Waals surface area contributed by atoms with E-state index in [9.17, 15) is 10.2 Å². The number of rotatable bonds is 6. The van der Waals surface area contributed by atoms with Crippen LogP contribution in [0, 0.1) is 6.92 Å². The summed E-state index contributed by atoms with van der Waals surface area (Å²) in [5.41, 5.74) is 1.89. The molecule has 0 aromatic carbocycles. The maximum atomic E-state index is 10.00. The van der Waals surface area contributed by atoms with Gasteiger partial charge in [-0.15, -0.1) is 10.2 Å². The molecule has 0 aliphatic heterocycles. The number of aliphatic hydroxyl groups excluding tert-OH is 1. The number of hydrogen-bond acceptors (Lipinski definition) is 6. The molecule has 0 bridgehead atoms. The number of pyridine rings is 1. The molecular formula is C13H19N5O2. The summed E-state index contributed by atoms with van der Waals surface area (Å²) in [5.74, 6) is 1.04. The van der Waals surface area contributed by atoms with Crippen LogP contribution in [0.15, 0.2) is 12.5 Å². The Bertz CT molecular complexity index is 582. The first-order valence-electron chi connectivity index (χ1n) is 6.44. The third kappa shape index (κ3) is 3.12. The molecule has 0 spiro atoms. The smallest absolute Gasteiger partial charge is 0.141 e. The lowest BCUT2D eigenvalue weighted by Crippen LogP contribution is -2.19. The Balaban J connectivity index is 1.94. The van der Waals surface area contributed by atoms with E-state index in [1.807, 2.05) is 11.6 Å². The number of aliphatic hydroxyl groups is 1. The van der Waals surface area contributed by atoms with Crippen molar-refractivity contribution >= 4 is 0 Å². The molecule has 108 valence electrons. The summed E-state index contributed by atoms with van der Waals surface area (Å²) >= 11 is 0. The van der Waals surface area contributed by atoms with Gasteiger partial charge in [0.2, 0.25) is 0 Å². The fraction of sp³-hybridized carbons (Fsp3) is 0.462. The van der Waals surface area contributed by atoms with Crippen molar-refractivity contribution in [3.8, 4) is 5.75 Å². The highest BCUT2D eigenvalue weighted by molar-refractivity contribution is 5.40. The highest BCUT2D eigenvalue weighted by Gasteiger charge is 2.11. The summed E-state index contributed by atoms with van der Waals surface area (Å²) < 4.78 is 1.87.